The Morgan fingerprint density at radius 2 is 2.00 bits per heavy atom. The fourth-order valence-corrected chi connectivity index (χ4v) is 4.06. The Kier molecular flexibility index (Phi) is 5.43. The lowest BCUT2D eigenvalue weighted by Gasteiger charge is -2.34. The smallest absolute Gasteiger partial charge is 0.255 e. The average molecular weight is 401 g/mol. The number of hydrogen-bond donors (Lipinski definition) is 1. The number of halogens is 1. The van der Waals surface area contributed by atoms with Crippen LogP contribution in [0.5, 0.6) is 11.5 Å². The van der Waals surface area contributed by atoms with E-state index >= 15 is 4.39 Å². The predicted octanol–water partition coefficient (Wildman–Crippen LogP) is 2.54. The van der Waals surface area contributed by atoms with E-state index in [0.717, 1.165) is 11.3 Å². The lowest BCUT2D eigenvalue weighted by Crippen LogP contribution is -2.49. The molecule has 2 aromatic rings. The second-order valence-corrected chi connectivity index (χ2v) is 7.37. The fraction of sp³-hybridized carbons (Fsp3) is 0.409. The molecule has 2 aliphatic rings. The molecule has 2 aliphatic heterocycles. The molecule has 154 valence electrons. The number of fused-ring (bicyclic) bond motifs is 1. The molecule has 0 unspecified atom stereocenters. The minimum atomic E-state index is -0.675. The molecule has 29 heavy (non-hydrogen) atoms. The van der Waals surface area contributed by atoms with Crippen LogP contribution in [0.2, 0.25) is 0 Å². The molecule has 1 fully saturated rings. The van der Waals surface area contributed by atoms with Crippen LogP contribution >= 0.6 is 0 Å². The second kappa shape index (κ2) is 8.00. The fourth-order valence-electron chi connectivity index (χ4n) is 4.06. The van der Waals surface area contributed by atoms with Crippen molar-refractivity contribution in [3.05, 3.63) is 58.4 Å². The number of aliphatic hydroxyl groups is 1. The van der Waals surface area contributed by atoms with E-state index in [1.165, 1.54) is 12.0 Å². The number of amides is 1. The van der Waals surface area contributed by atoms with Crippen molar-refractivity contribution in [1.29, 1.82) is 0 Å². The largest absolute Gasteiger partial charge is 0.497 e. The van der Waals surface area contributed by atoms with E-state index < -0.39 is 18.0 Å². The van der Waals surface area contributed by atoms with Crippen molar-refractivity contribution < 1.29 is 28.5 Å². The molecular weight excluding hydrogens is 377 g/mol. The molecule has 0 aliphatic carbocycles. The van der Waals surface area contributed by atoms with Gasteiger partial charge < -0.3 is 24.2 Å². The molecule has 0 aromatic heterocycles. The summed E-state index contributed by atoms with van der Waals surface area (Å²) < 4.78 is 31.2. The van der Waals surface area contributed by atoms with E-state index in [1.807, 2.05) is 24.3 Å². The molecule has 0 spiro atoms. The Bertz CT molecular complexity index is 914. The highest BCUT2D eigenvalue weighted by molar-refractivity contribution is 5.99. The van der Waals surface area contributed by atoms with Gasteiger partial charge in [0.25, 0.3) is 5.91 Å². The van der Waals surface area contributed by atoms with Crippen molar-refractivity contribution in [2.24, 2.45) is 0 Å². The predicted molar refractivity (Wildman–Crippen MR) is 104 cm³/mol. The van der Waals surface area contributed by atoms with Gasteiger partial charge in [0, 0.05) is 29.7 Å². The summed E-state index contributed by atoms with van der Waals surface area (Å²) in [5.41, 5.74) is 2.18. The van der Waals surface area contributed by atoms with Crippen LogP contribution in [0.4, 0.5) is 4.39 Å². The number of carbonyl (C=O) groups excluding carboxylic acids is 1. The van der Waals surface area contributed by atoms with Crippen LogP contribution in [0.15, 0.2) is 30.3 Å². The molecule has 7 heteroatoms. The van der Waals surface area contributed by atoms with Gasteiger partial charge in [-0.15, -0.1) is 0 Å². The third kappa shape index (κ3) is 3.56. The Balaban J connectivity index is 1.66. The first-order valence-electron chi connectivity index (χ1n) is 9.61. The monoisotopic (exact) mass is 401 g/mol. The van der Waals surface area contributed by atoms with Crippen molar-refractivity contribution in [2.75, 3.05) is 27.4 Å². The van der Waals surface area contributed by atoms with Gasteiger partial charge in [-0.25, -0.2) is 4.39 Å². The molecule has 1 N–H and O–H groups in total. The maximum Gasteiger partial charge on any atom is 0.255 e. The van der Waals surface area contributed by atoms with Gasteiger partial charge in [0.2, 0.25) is 0 Å². The highest BCUT2D eigenvalue weighted by Gasteiger charge is 2.40. The standard InChI is InChI=1S/C22H24FNO5/c1-27-15-5-3-13(4-6-15)9-14-10-16-17(20(23)21(14)28-2)11-24(22(16)26)18-12-29-8-7-19(18)25/h3-6,10,18-19,25H,7-9,11-12H2,1-2H3/t18-,19-/m0/s1. The van der Waals surface area contributed by atoms with Crippen molar-refractivity contribution in [3.8, 4) is 11.5 Å². The first-order valence-corrected chi connectivity index (χ1v) is 9.61. The van der Waals surface area contributed by atoms with Gasteiger partial charge in [0.15, 0.2) is 11.6 Å². The number of carbonyl (C=O) groups is 1. The Hall–Kier alpha value is -2.64. The molecular formula is C22H24FNO5. The third-order valence-corrected chi connectivity index (χ3v) is 5.67. The highest BCUT2D eigenvalue weighted by Crippen LogP contribution is 2.37. The lowest BCUT2D eigenvalue weighted by molar-refractivity contribution is -0.0529. The second-order valence-electron chi connectivity index (χ2n) is 7.37. The molecule has 2 heterocycles. The van der Waals surface area contributed by atoms with Gasteiger partial charge in [-0.05, 0) is 30.2 Å². The Labute approximate surface area is 168 Å². The summed E-state index contributed by atoms with van der Waals surface area (Å²) in [4.78, 5) is 14.5. The molecule has 1 saturated heterocycles. The molecule has 4 rings (SSSR count). The zero-order chi connectivity index (χ0) is 20.5. The van der Waals surface area contributed by atoms with E-state index in [1.54, 1.807) is 13.2 Å². The summed E-state index contributed by atoms with van der Waals surface area (Å²) in [5, 5.41) is 10.3. The summed E-state index contributed by atoms with van der Waals surface area (Å²) >= 11 is 0. The number of aliphatic hydroxyl groups excluding tert-OH is 1. The molecule has 0 radical (unpaired) electrons. The number of benzene rings is 2. The summed E-state index contributed by atoms with van der Waals surface area (Å²) in [6, 6.07) is 8.70. The minimum Gasteiger partial charge on any atom is -0.497 e. The number of nitrogens with zero attached hydrogens (tertiary/aromatic N) is 1. The van der Waals surface area contributed by atoms with Crippen LogP contribution < -0.4 is 9.47 Å². The van der Waals surface area contributed by atoms with Crippen LogP contribution in [0.3, 0.4) is 0 Å². The molecule has 0 bridgehead atoms. The zero-order valence-corrected chi connectivity index (χ0v) is 16.5. The summed E-state index contributed by atoms with van der Waals surface area (Å²) in [7, 11) is 3.02. The SMILES string of the molecule is COc1ccc(Cc2cc3c(c(F)c2OC)CN([C@H]2COCC[C@@H]2O)C3=O)cc1. The van der Waals surface area contributed by atoms with E-state index in [-0.39, 0.29) is 24.8 Å². The van der Waals surface area contributed by atoms with Crippen molar-refractivity contribution in [1.82, 2.24) is 4.90 Å². The van der Waals surface area contributed by atoms with E-state index in [4.69, 9.17) is 14.2 Å². The molecule has 6 nitrogen and oxygen atoms in total. The highest BCUT2D eigenvalue weighted by atomic mass is 19.1. The third-order valence-electron chi connectivity index (χ3n) is 5.67. The number of rotatable bonds is 5. The van der Waals surface area contributed by atoms with Gasteiger partial charge in [-0.1, -0.05) is 12.1 Å². The van der Waals surface area contributed by atoms with E-state index in [2.05, 4.69) is 0 Å². The quantitative estimate of drug-likeness (QED) is 0.834. The number of methoxy groups -OCH3 is 2. The van der Waals surface area contributed by atoms with Gasteiger partial charge in [-0.3, -0.25) is 4.79 Å². The van der Waals surface area contributed by atoms with Crippen LogP contribution in [-0.2, 0) is 17.7 Å². The maximum atomic E-state index is 15.2. The van der Waals surface area contributed by atoms with Crippen molar-refractivity contribution in [2.45, 2.75) is 31.5 Å². The normalized spacial score (nSPS) is 21.2. The van der Waals surface area contributed by atoms with Gasteiger partial charge in [-0.2, -0.15) is 0 Å². The Morgan fingerprint density at radius 1 is 1.24 bits per heavy atom. The van der Waals surface area contributed by atoms with E-state index in [9.17, 15) is 9.90 Å². The molecule has 2 aromatic carbocycles. The van der Waals surface area contributed by atoms with Gasteiger partial charge >= 0.3 is 0 Å². The lowest BCUT2D eigenvalue weighted by atomic mass is 9.98. The van der Waals surface area contributed by atoms with Crippen LogP contribution in [0.25, 0.3) is 0 Å². The number of hydrogen-bond acceptors (Lipinski definition) is 5. The summed E-state index contributed by atoms with van der Waals surface area (Å²) in [5.74, 6) is 0.0808. The summed E-state index contributed by atoms with van der Waals surface area (Å²) in [6.45, 7) is 0.809. The zero-order valence-electron chi connectivity index (χ0n) is 16.5. The van der Waals surface area contributed by atoms with Crippen LogP contribution in [0.1, 0.15) is 33.5 Å². The van der Waals surface area contributed by atoms with Gasteiger partial charge in [0.1, 0.15) is 5.75 Å². The van der Waals surface area contributed by atoms with Crippen LogP contribution in [-0.4, -0.2) is 55.5 Å². The van der Waals surface area contributed by atoms with Crippen LogP contribution in [0, 0.1) is 5.82 Å². The van der Waals surface area contributed by atoms with Gasteiger partial charge in [0.05, 0.1) is 39.5 Å². The number of ether oxygens (including phenoxy) is 3. The molecule has 1 amide bonds. The van der Waals surface area contributed by atoms with E-state index in [0.29, 0.717) is 36.1 Å². The minimum absolute atomic E-state index is 0.101. The first-order chi connectivity index (χ1) is 14.0. The molecule has 0 saturated carbocycles. The first kappa shape index (κ1) is 19.7. The Morgan fingerprint density at radius 3 is 2.66 bits per heavy atom. The topological polar surface area (TPSA) is 68.2 Å². The summed E-state index contributed by atoms with van der Waals surface area (Å²) in [6.07, 6.45) is 0.199. The molecule has 2 atom stereocenters. The van der Waals surface area contributed by atoms with Crippen molar-refractivity contribution >= 4 is 5.91 Å². The average Bonchev–Trinajstić information content (AvgIpc) is 3.06. The maximum absolute atomic E-state index is 15.2. The van der Waals surface area contributed by atoms with Crippen molar-refractivity contribution in [3.63, 3.8) is 0 Å².